The van der Waals surface area contributed by atoms with Crippen molar-refractivity contribution in [3.63, 3.8) is 0 Å². The Labute approximate surface area is 185 Å². The monoisotopic (exact) mass is 504 g/mol. The maximum atomic E-state index is 6.16. The van der Waals surface area contributed by atoms with Crippen molar-refractivity contribution >= 4 is 29.9 Å². The Kier molecular flexibility index (Phi) is 9.10. The van der Waals surface area contributed by atoms with E-state index in [4.69, 9.17) is 19.9 Å². The maximum Gasteiger partial charge on any atom is 0.188 e. The van der Waals surface area contributed by atoms with Crippen LogP contribution in [-0.2, 0) is 11.3 Å². The first-order valence-corrected chi connectivity index (χ1v) is 9.74. The quantitative estimate of drug-likeness (QED) is 0.337. The highest BCUT2D eigenvalue weighted by Gasteiger charge is 2.39. The van der Waals surface area contributed by atoms with Crippen LogP contribution < -0.4 is 20.5 Å². The molecule has 3 N–H and O–H groups in total. The number of rotatable bonds is 7. The molecule has 158 valence electrons. The van der Waals surface area contributed by atoms with E-state index in [1.165, 1.54) is 25.9 Å². The third-order valence-corrected chi connectivity index (χ3v) is 5.68. The highest BCUT2D eigenvalue weighted by atomic mass is 127. The van der Waals surface area contributed by atoms with Crippen molar-refractivity contribution in [2.45, 2.75) is 37.8 Å². The van der Waals surface area contributed by atoms with Gasteiger partial charge in [0.1, 0.15) is 0 Å². The molecule has 0 spiro atoms. The van der Waals surface area contributed by atoms with Crippen molar-refractivity contribution in [1.29, 1.82) is 0 Å². The summed E-state index contributed by atoms with van der Waals surface area (Å²) in [5.74, 6) is 1.89. The van der Waals surface area contributed by atoms with E-state index in [1.807, 2.05) is 18.2 Å². The molecule has 1 aromatic carbocycles. The molecule has 28 heavy (non-hydrogen) atoms. The molecule has 3 rings (SSSR count). The van der Waals surface area contributed by atoms with Gasteiger partial charge in [0.25, 0.3) is 0 Å². The lowest BCUT2D eigenvalue weighted by Gasteiger charge is -2.44. The van der Waals surface area contributed by atoms with Crippen LogP contribution in [0.2, 0.25) is 0 Å². The molecule has 2 fully saturated rings. The average molecular weight is 504 g/mol. The minimum Gasteiger partial charge on any atom is -0.493 e. The van der Waals surface area contributed by atoms with Gasteiger partial charge < -0.3 is 25.3 Å². The van der Waals surface area contributed by atoms with E-state index in [0.717, 1.165) is 38.2 Å². The van der Waals surface area contributed by atoms with Crippen LogP contribution in [0.3, 0.4) is 0 Å². The number of aliphatic imine (C=N–C) groups is 1. The fourth-order valence-corrected chi connectivity index (χ4v) is 4.01. The van der Waals surface area contributed by atoms with Crippen molar-refractivity contribution in [1.82, 2.24) is 10.2 Å². The number of hydrogen-bond acceptors (Lipinski definition) is 5. The summed E-state index contributed by atoms with van der Waals surface area (Å²) in [4.78, 5) is 7.12. The van der Waals surface area contributed by atoms with Gasteiger partial charge in [-0.15, -0.1) is 24.0 Å². The standard InChI is InChI=1S/C20H32N4O3.HI/c1-25-17-6-5-16(13-18(17)26-2)14-22-19(21)23-15-20(7-11-27-12-8-20)24-9-3-4-10-24;/h5-6,13H,3-4,7-12,14-15H2,1-2H3,(H3,21,22,23);1H. The average Bonchev–Trinajstić information content (AvgIpc) is 3.26. The Balaban J connectivity index is 0.00000280. The van der Waals surface area contributed by atoms with Crippen molar-refractivity contribution in [3.8, 4) is 11.5 Å². The second kappa shape index (κ2) is 11.1. The van der Waals surface area contributed by atoms with Crippen LogP contribution in [0, 0.1) is 0 Å². The van der Waals surface area contributed by atoms with Crippen LogP contribution in [0.1, 0.15) is 31.2 Å². The van der Waals surface area contributed by atoms with Crippen LogP contribution >= 0.6 is 24.0 Å². The number of benzene rings is 1. The van der Waals surface area contributed by atoms with Gasteiger partial charge in [-0.05, 0) is 56.5 Å². The van der Waals surface area contributed by atoms with Crippen molar-refractivity contribution in [2.75, 3.05) is 47.1 Å². The number of guanidine groups is 1. The number of likely N-dealkylation sites (tertiary alicyclic amines) is 1. The zero-order chi connectivity index (χ0) is 19.1. The highest BCUT2D eigenvalue weighted by Crippen LogP contribution is 2.31. The summed E-state index contributed by atoms with van der Waals surface area (Å²) in [5.41, 5.74) is 7.32. The van der Waals surface area contributed by atoms with E-state index in [1.54, 1.807) is 14.2 Å². The molecular formula is C20H33IN4O3. The molecule has 0 unspecified atom stereocenters. The first kappa shape index (κ1) is 23.0. The van der Waals surface area contributed by atoms with Crippen LogP contribution in [-0.4, -0.2) is 63.5 Å². The first-order chi connectivity index (χ1) is 13.2. The molecule has 0 radical (unpaired) electrons. The number of ether oxygens (including phenoxy) is 3. The van der Waals surface area contributed by atoms with Gasteiger partial charge in [0.2, 0.25) is 0 Å². The molecule has 0 aliphatic carbocycles. The van der Waals surface area contributed by atoms with Crippen molar-refractivity contribution in [3.05, 3.63) is 23.8 Å². The van der Waals surface area contributed by atoms with Gasteiger partial charge in [-0.2, -0.15) is 0 Å². The maximum absolute atomic E-state index is 6.16. The van der Waals surface area contributed by atoms with Gasteiger partial charge in [0.15, 0.2) is 17.5 Å². The molecule has 0 saturated carbocycles. The third-order valence-electron chi connectivity index (χ3n) is 5.68. The summed E-state index contributed by atoms with van der Waals surface area (Å²) in [7, 11) is 3.26. The second-order valence-electron chi connectivity index (χ2n) is 7.28. The largest absolute Gasteiger partial charge is 0.493 e. The second-order valence-corrected chi connectivity index (χ2v) is 7.28. The third kappa shape index (κ3) is 5.64. The molecule has 2 saturated heterocycles. The molecule has 0 atom stereocenters. The molecule has 2 aliphatic heterocycles. The molecule has 0 amide bonds. The van der Waals surface area contributed by atoms with E-state index >= 15 is 0 Å². The molecule has 2 aliphatic rings. The Morgan fingerprint density at radius 3 is 2.50 bits per heavy atom. The lowest BCUT2D eigenvalue weighted by molar-refractivity contribution is -0.0163. The zero-order valence-corrected chi connectivity index (χ0v) is 19.2. The Morgan fingerprint density at radius 1 is 1.18 bits per heavy atom. The number of halogens is 1. The SMILES string of the molecule is COc1ccc(CN=C(N)NCC2(N3CCCC3)CCOCC2)cc1OC.I. The fraction of sp³-hybridized carbons (Fsp3) is 0.650. The molecule has 2 heterocycles. The summed E-state index contributed by atoms with van der Waals surface area (Å²) in [6, 6.07) is 5.79. The van der Waals surface area contributed by atoms with E-state index < -0.39 is 0 Å². The summed E-state index contributed by atoms with van der Waals surface area (Å²) < 4.78 is 16.2. The van der Waals surface area contributed by atoms with E-state index in [0.29, 0.717) is 24.0 Å². The Hall–Kier alpha value is -1.26. The number of hydrogen-bond donors (Lipinski definition) is 2. The summed E-state index contributed by atoms with van der Waals surface area (Å²) >= 11 is 0. The molecule has 8 heteroatoms. The first-order valence-electron chi connectivity index (χ1n) is 9.74. The topological polar surface area (TPSA) is 81.3 Å². The number of nitrogens with two attached hydrogens (primary N) is 1. The smallest absolute Gasteiger partial charge is 0.188 e. The zero-order valence-electron chi connectivity index (χ0n) is 16.9. The van der Waals surface area contributed by atoms with Gasteiger partial charge >= 0.3 is 0 Å². The van der Waals surface area contributed by atoms with Gasteiger partial charge in [0.05, 0.1) is 20.8 Å². The molecule has 0 aromatic heterocycles. The fourth-order valence-electron chi connectivity index (χ4n) is 4.01. The predicted octanol–water partition coefficient (Wildman–Crippen LogP) is 2.37. The van der Waals surface area contributed by atoms with Gasteiger partial charge in [-0.3, -0.25) is 4.90 Å². The van der Waals surface area contributed by atoms with Gasteiger partial charge in [-0.25, -0.2) is 4.99 Å². The van der Waals surface area contributed by atoms with Crippen LogP contribution in [0.15, 0.2) is 23.2 Å². The lowest BCUT2D eigenvalue weighted by atomic mass is 9.88. The Bertz CT molecular complexity index is 644. The summed E-state index contributed by atoms with van der Waals surface area (Å²) in [6.07, 6.45) is 4.66. The summed E-state index contributed by atoms with van der Waals surface area (Å²) in [6.45, 7) is 5.30. The van der Waals surface area contributed by atoms with E-state index in [-0.39, 0.29) is 29.5 Å². The number of nitrogens with zero attached hydrogens (tertiary/aromatic N) is 2. The van der Waals surface area contributed by atoms with Crippen LogP contribution in [0.25, 0.3) is 0 Å². The minimum atomic E-state index is 0. The van der Waals surface area contributed by atoms with Crippen molar-refractivity contribution < 1.29 is 14.2 Å². The minimum absolute atomic E-state index is 0. The normalized spacial score (nSPS) is 19.7. The lowest BCUT2D eigenvalue weighted by Crippen LogP contribution is -2.58. The van der Waals surface area contributed by atoms with Crippen LogP contribution in [0.4, 0.5) is 0 Å². The van der Waals surface area contributed by atoms with Gasteiger partial charge in [0, 0.05) is 25.3 Å². The molecule has 1 aromatic rings. The number of nitrogens with one attached hydrogen (secondary N) is 1. The predicted molar refractivity (Wildman–Crippen MR) is 122 cm³/mol. The van der Waals surface area contributed by atoms with Crippen molar-refractivity contribution in [2.24, 2.45) is 10.7 Å². The molecular weight excluding hydrogens is 471 g/mol. The number of methoxy groups -OCH3 is 2. The Morgan fingerprint density at radius 2 is 1.86 bits per heavy atom. The van der Waals surface area contributed by atoms with Crippen LogP contribution in [0.5, 0.6) is 11.5 Å². The highest BCUT2D eigenvalue weighted by molar-refractivity contribution is 14.0. The molecule has 0 bridgehead atoms. The molecule has 7 nitrogen and oxygen atoms in total. The van der Waals surface area contributed by atoms with E-state index in [2.05, 4.69) is 15.2 Å². The van der Waals surface area contributed by atoms with Gasteiger partial charge in [-0.1, -0.05) is 6.07 Å². The van der Waals surface area contributed by atoms with E-state index in [9.17, 15) is 0 Å². The summed E-state index contributed by atoms with van der Waals surface area (Å²) in [5, 5.41) is 3.37.